The van der Waals surface area contributed by atoms with Crippen LogP contribution in [0.3, 0.4) is 0 Å². The van der Waals surface area contributed by atoms with Crippen molar-refractivity contribution in [2.75, 3.05) is 5.75 Å². The number of rotatable bonds is 4. The zero-order valence-electron chi connectivity index (χ0n) is 13.8. The smallest absolute Gasteiger partial charge is 0.272 e. The van der Waals surface area contributed by atoms with Gasteiger partial charge in [-0.25, -0.2) is 13.8 Å². The first-order chi connectivity index (χ1) is 11.9. The molecule has 6 nitrogen and oxygen atoms in total. The number of hydrogen-bond donors (Lipinski definition) is 1. The highest BCUT2D eigenvalue weighted by Gasteiger charge is 2.20. The quantitative estimate of drug-likeness (QED) is 0.711. The van der Waals surface area contributed by atoms with Crippen molar-refractivity contribution in [1.29, 1.82) is 0 Å². The average molecular weight is 375 g/mol. The van der Waals surface area contributed by atoms with Crippen molar-refractivity contribution in [3.8, 4) is 0 Å². The van der Waals surface area contributed by atoms with Crippen LogP contribution in [0.4, 0.5) is 0 Å². The van der Waals surface area contributed by atoms with E-state index < -0.39 is 15.7 Å². The zero-order valence-corrected chi connectivity index (χ0v) is 15.4. The standard InChI is InChI=1S/C17H17N3O3S2/c1-3-25(22,23)15-11-7-4-8-12(15)16(21)18-19-17-20(2)13-9-5-6-10-14(13)24-17/h4-11H,3H2,1-2H3,(H,18,21). The molecule has 0 unspecified atom stereocenters. The van der Waals surface area contributed by atoms with Crippen LogP contribution in [-0.2, 0) is 16.9 Å². The molecule has 0 saturated heterocycles. The number of carbonyl (C=O) groups is 1. The highest BCUT2D eigenvalue weighted by molar-refractivity contribution is 7.91. The van der Waals surface area contributed by atoms with Crippen molar-refractivity contribution in [3.63, 3.8) is 0 Å². The maximum Gasteiger partial charge on any atom is 0.272 e. The van der Waals surface area contributed by atoms with Crippen LogP contribution in [0.1, 0.15) is 17.3 Å². The number of hydrogen-bond acceptors (Lipinski definition) is 5. The number of thiazole rings is 1. The predicted octanol–water partition coefficient (Wildman–Crippen LogP) is 2.28. The minimum absolute atomic E-state index is 0.0194. The summed E-state index contributed by atoms with van der Waals surface area (Å²) in [5.41, 5.74) is 3.57. The van der Waals surface area contributed by atoms with Crippen molar-refractivity contribution in [3.05, 3.63) is 58.9 Å². The second-order valence-corrected chi connectivity index (χ2v) is 8.62. The normalized spacial score (nSPS) is 12.5. The maximum atomic E-state index is 12.5. The van der Waals surface area contributed by atoms with E-state index >= 15 is 0 Å². The third-order valence-corrected chi connectivity index (χ3v) is 6.71. The van der Waals surface area contributed by atoms with Crippen LogP contribution >= 0.6 is 11.3 Å². The minimum Gasteiger partial charge on any atom is -0.318 e. The van der Waals surface area contributed by atoms with Gasteiger partial charge >= 0.3 is 0 Å². The molecule has 1 N–H and O–H groups in total. The second-order valence-electron chi connectivity index (χ2n) is 5.36. The van der Waals surface area contributed by atoms with E-state index in [1.165, 1.54) is 23.5 Å². The van der Waals surface area contributed by atoms with E-state index in [-0.39, 0.29) is 16.2 Å². The van der Waals surface area contributed by atoms with E-state index in [9.17, 15) is 13.2 Å². The summed E-state index contributed by atoms with van der Waals surface area (Å²) in [7, 11) is -1.63. The van der Waals surface area contributed by atoms with Gasteiger partial charge in [0.25, 0.3) is 5.91 Å². The number of amides is 1. The maximum absolute atomic E-state index is 12.5. The molecule has 8 heteroatoms. The number of aromatic nitrogens is 1. The number of para-hydroxylation sites is 1. The summed E-state index contributed by atoms with van der Waals surface area (Å²) in [5.74, 6) is -0.621. The van der Waals surface area contributed by atoms with Gasteiger partial charge in [-0.3, -0.25) is 4.79 Å². The Labute approximate surface area is 149 Å². The van der Waals surface area contributed by atoms with E-state index in [4.69, 9.17) is 0 Å². The molecule has 25 heavy (non-hydrogen) atoms. The monoisotopic (exact) mass is 375 g/mol. The molecule has 0 aliphatic heterocycles. The summed E-state index contributed by atoms with van der Waals surface area (Å²) in [4.78, 5) is 13.1. The Balaban J connectivity index is 1.97. The van der Waals surface area contributed by atoms with Crippen LogP contribution in [0.25, 0.3) is 10.2 Å². The molecular formula is C17H17N3O3S2. The van der Waals surface area contributed by atoms with Gasteiger partial charge in [0, 0.05) is 7.05 Å². The van der Waals surface area contributed by atoms with Crippen LogP contribution in [0.2, 0.25) is 0 Å². The third-order valence-electron chi connectivity index (χ3n) is 3.81. The molecule has 130 valence electrons. The average Bonchev–Trinajstić information content (AvgIpc) is 2.96. The van der Waals surface area contributed by atoms with E-state index in [2.05, 4.69) is 10.5 Å². The predicted molar refractivity (Wildman–Crippen MR) is 98.0 cm³/mol. The molecule has 1 aromatic heterocycles. The second kappa shape index (κ2) is 6.81. The number of nitrogens with one attached hydrogen (secondary N) is 1. The number of carbonyl (C=O) groups excluding carboxylic acids is 1. The number of aryl methyl sites for hydroxylation is 1. The first kappa shape index (κ1) is 17.4. The van der Waals surface area contributed by atoms with Gasteiger partial charge in [-0.15, -0.1) is 5.10 Å². The Kier molecular flexibility index (Phi) is 4.73. The first-order valence-corrected chi connectivity index (χ1v) is 10.1. The molecule has 0 aliphatic carbocycles. The van der Waals surface area contributed by atoms with E-state index in [0.29, 0.717) is 4.80 Å². The van der Waals surface area contributed by atoms with Crippen molar-refractivity contribution in [2.24, 2.45) is 12.1 Å². The van der Waals surface area contributed by atoms with Gasteiger partial charge in [0.05, 0.1) is 26.4 Å². The van der Waals surface area contributed by atoms with Crippen molar-refractivity contribution in [2.45, 2.75) is 11.8 Å². The Morgan fingerprint density at radius 3 is 2.56 bits per heavy atom. The lowest BCUT2D eigenvalue weighted by Crippen LogP contribution is -2.25. The van der Waals surface area contributed by atoms with Crippen LogP contribution in [0.15, 0.2) is 58.5 Å². The van der Waals surface area contributed by atoms with Crippen LogP contribution < -0.4 is 10.2 Å². The summed E-state index contributed by atoms with van der Waals surface area (Å²) >= 11 is 1.44. The number of fused-ring (bicyclic) bond motifs is 1. The Bertz CT molecular complexity index is 1110. The Morgan fingerprint density at radius 2 is 1.84 bits per heavy atom. The van der Waals surface area contributed by atoms with Gasteiger partial charge in [0.2, 0.25) is 4.80 Å². The lowest BCUT2D eigenvalue weighted by Gasteiger charge is -2.07. The summed E-state index contributed by atoms with van der Waals surface area (Å²) in [6.07, 6.45) is 0. The molecule has 0 bridgehead atoms. The fourth-order valence-corrected chi connectivity index (χ4v) is 4.50. The Morgan fingerprint density at radius 1 is 1.16 bits per heavy atom. The molecule has 1 amide bonds. The number of nitrogens with zero attached hydrogens (tertiary/aromatic N) is 2. The molecule has 3 rings (SSSR count). The van der Waals surface area contributed by atoms with Gasteiger partial charge in [-0.05, 0) is 24.3 Å². The third kappa shape index (κ3) is 3.35. The largest absolute Gasteiger partial charge is 0.318 e. The summed E-state index contributed by atoms with van der Waals surface area (Å²) in [6, 6.07) is 14.0. The zero-order chi connectivity index (χ0) is 18.0. The topological polar surface area (TPSA) is 80.5 Å². The lowest BCUT2D eigenvalue weighted by molar-refractivity contribution is 0.0949. The first-order valence-electron chi connectivity index (χ1n) is 7.64. The van der Waals surface area contributed by atoms with E-state index in [1.807, 2.05) is 35.9 Å². The van der Waals surface area contributed by atoms with Gasteiger partial charge < -0.3 is 4.57 Å². The van der Waals surface area contributed by atoms with Crippen molar-refractivity contribution in [1.82, 2.24) is 9.99 Å². The summed E-state index contributed by atoms with van der Waals surface area (Å²) in [5, 5.41) is 4.16. The molecule has 0 atom stereocenters. The van der Waals surface area contributed by atoms with Crippen LogP contribution in [-0.4, -0.2) is 24.6 Å². The molecular weight excluding hydrogens is 358 g/mol. The van der Waals surface area contributed by atoms with E-state index in [0.717, 1.165) is 10.2 Å². The van der Waals surface area contributed by atoms with E-state index in [1.54, 1.807) is 19.1 Å². The fraction of sp³-hybridized carbons (Fsp3) is 0.176. The van der Waals surface area contributed by atoms with Gasteiger partial charge in [-0.1, -0.05) is 42.5 Å². The SMILES string of the molecule is CCS(=O)(=O)c1ccccc1C(=O)NN=c1sc2ccccc2n1C. The minimum atomic E-state index is -3.49. The molecule has 0 fully saturated rings. The number of benzene rings is 2. The summed E-state index contributed by atoms with van der Waals surface area (Å²) in [6.45, 7) is 1.55. The highest BCUT2D eigenvalue weighted by atomic mass is 32.2. The number of sulfone groups is 1. The van der Waals surface area contributed by atoms with Crippen molar-refractivity contribution >= 4 is 37.3 Å². The van der Waals surface area contributed by atoms with Gasteiger partial charge in [-0.2, -0.15) is 0 Å². The van der Waals surface area contributed by atoms with Crippen molar-refractivity contribution < 1.29 is 13.2 Å². The van der Waals surface area contributed by atoms with Gasteiger partial charge in [0.1, 0.15) is 0 Å². The van der Waals surface area contributed by atoms with Crippen LogP contribution in [0, 0.1) is 0 Å². The van der Waals surface area contributed by atoms with Gasteiger partial charge in [0.15, 0.2) is 9.84 Å². The highest BCUT2D eigenvalue weighted by Crippen LogP contribution is 2.17. The van der Waals surface area contributed by atoms with Crippen LogP contribution in [0.5, 0.6) is 0 Å². The summed E-state index contributed by atoms with van der Waals surface area (Å²) < 4.78 is 27.2. The molecule has 3 aromatic rings. The molecule has 1 heterocycles. The molecule has 2 aromatic carbocycles. The molecule has 0 aliphatic rings. The molecule has 0 radical (unpaired) electrons. The lowest BCUT2D eigenvalue weighted by atomic mass is 10.2. The fourth-order valence-electron chi connectivity index (χ4n) is 2.43. The molecule has 0 spiro atoms. The molecule has 0 saturated carbocycles. The Hall–Kier alpha value is -2.45.